The lowest BCUT2D eigenvalue weighted by Gasteiger charge is -2.29. The van der Waals surface area contributed by atoms with E-state index in [4.69, 9.17) is 0 Å². The van der Waals surface area contributed by atoms with Gasteiger partial charge in [-0.1, -0.05) is 12.1 Å². The predicted octanol–water partition coefficient (Wildman–Crippen LogP) is 5.32. The normalized spacial score (nSPS) is 18.0. The number of likely N-dealkylation sites (tertiary alicyclic amines) is 1. The number of hydrogen-bond acceptors (Lipinski definition) is 4. The molecule has 2 aromatic carbocycles. The van der Waals surface area contributed by atoms with Crippen molar-refractivity contribution in [3.8, 4) is 0 Å². The maximum absolute atomic E-state index is 13.0. The molecule has 5 nitrogen and oxygen atoms in total. The Morgan fingerprint density at radius 3 is 2.69 bits per heavy atom. The van der Waals surface area contributed by atoms with Crippen LogP contribution in [0.1, 0.15) is 28.0 Å². The third-order valence-corrected chi connectivity index (χ3v) is 7.54. The van der Waals surface area contributed by atoms with Crippen LogP contribution in [0.4, 0.5) is 24.5 Å². The van der Waals surface area contributed by atoms with Crippen molar-refractivity contribution in [2.45, 2.75) is 32.1 Å². The number of nitrogens with zero attached hydrogens (tertiary/aromatic N) is 2. The summed E-state index contributed by atoms with van der Waals surface area (Å²) in [5.41, 5.74) is 2.73. The number of benzene rings is 2. The first-order chi connectivity index (χ1) is 16.8. The first-order valence-corrected chi connectivity index (χ1v) is 12.3. The Morgan fingerprint density at radius 2 is 1.91 bits per heavy atom. The molecule has 2 amide bonds. The molecule has 1 saturated heterocycles. The van der Waals surface area contributed by atoms with Crippen molar-refractivity contribution in [1.82, 2.24) is 4.90 Å². The van der Waals surface area contributed by atoms with Crippen LogP contribution in [0.2, 0.25) is 0 Å². The van der Waals surface area contributed by atoms with E-state index < -0.39 is 17.7 Å². The summed E-state index contributed by atoms with van der Waals surface area (Å²) in [5, 5.41) is 5.00. The van der Waals surface area contributed by atoms with Crippen LogP contribution < -0.4 is 10.2 Å². The maximum Gasteiger partial charge on any atom is 0.416 e. The van der Waals surface area contributed by atoms with Gasteiger partial charge in [0.1, 0.15) is 0 Å². The Balaban J connectivity index is 1.17. The van der Waals surface area contributed by atoms with Crippen LogP contribution >= 0.6 is 11.3 Å². The molecule has 2 aliphatic rings. The molecule has 1 aromatic heterocycles. The van der Waals surface area contributed by atoms with Gasteiger partial charge < -0.3 is 15.1 Å². The largest absolute Gasteiger partial charge is 0.416 e. The summed E-state index contributed by atoms with van der Waals surface area (Å²) in [6.07, 6.45) is -3.37. The lowest BCUT2D eigenvalue weighted by molar-refractivity contribution is -0.137. The number of alkyl halides is 3. The number of nitrogens with one attached hydrogen (secondary N) is 1. The van der Waals surface area contributed by atoms with Gasteiger partial charge in [-0.15, -0.1) is 11.3 Å². The summed E-state index contributed by atoms with van der Waals surface area (Å²) in [5.74, 6) is -1.05. The molecule has 0 spiro atoms. The van der Waals surface area contributed by atoms with Crippen molar-refractivity contribution >= 4 is 34.5 Å². The minimum absolute atomic E-state index is 0.0413. The van der Waals surface area contributed by atoms with Gasteiger partial charge in [-0.3, -0.25) is 9.59 Å². The van der Waals surface area contributed by atoms with Crippen LogP contribution in [0.25, 0.3) is 0 Å². The van der Waals surface area contributed by atoms with Crippen molar-refractivity contribution in [2.24, 2.45) is 5.92 Å². The zero-order valence-electron chi connectivity index (χ0n) is 18.8. The fourth-order valence-corrected chi connectivity index (χ4v) is 5.53. The van der Waals surface area contributed by atoms with Crippen LogP contribution in [0.5, 0.6) is 0 Å². The number of hydrogen-bond donors (Lipinski definition) is 1. The quantitative estimate of drug-likeness (QED) is 0.517. The van der Waals surface area contributed by atoms with E-state index in [1.165, 1.54) is 21.4 Å². The Labute approximate surface area is 205 Å². The fraction of sp³-hybridized carbons (Fsp3) is 0.308. The molecule has 1 unspecified atom stereocenters. The van der Waals surface area contributed by atoms with E-state index in [1.807, 2.05) is 24.3 Å². The van der Waals surface area contributed by atoms with E-state index in [0.717, 1.165) is 37.3 Å². The third-order valence-electron chi connectivity index (χ3n) is 6.52. The Kier molecular flexibility index (Phi) is 6.27. The van der Waals surface area contributed by atoms with Gasteiger partial charge in [0.15, 0.2) is 0 Å². The summed E-state index contributed by atoms with van der Waals surface area (Å²) < 4.78 is 38.9. The van der Waals surface area contributed by atoms with Crippen LogP contribution in [0, 0.1) is 5.92 Å². The van der Waals surface area contributed by atoms with E-state index >= 15 is 0 Å². The van der Waals surface area contributed by atoms with E-state index in [-0.39, 0.29) is 31.3 Å². The summed E-state index contributed by atoms with van der Waals surface area (Å²) in [6, 6.07) is 14.8. The second kappa shape index (κ2) is 9.37. The zero-order chi connectivity index (χ0) is 24.6. The Bertz CT molecular complexity index is 1240. The smallest absolute Gasteiger partial charge is 0.367 e. The molecule has 0 aliphatic carbocycles. The molecule has 1 N–H and O–H groups in total. The molecule has 5 rings (SSSR count). The van der Waals surface area contributed by atoms with Gasteiger partial charge in [0.05, 0.1) is 11.5 Å². The standard InChI is InChI=1S/C26H24F3N3O2S/c27-26(28,29)20-3-1-2-17(12-20)14-32-16-19(13-24(32)33)25(34)30-21-4-6-22(7-5-21)31-10-8-23-18(15-31)9-11-35-23/h1-7,9,11-12,19H,8,10,13-16H2,(H,30,34). The van der Waals surface area contributed by atoms with Crippen LogP contribution in [0.15, 0.2) is 60.0 Å². The van der Waals surface area contributed by atoms with Crippen LogP contribution in [0.3, 0.4) is 0 Å². The second-order valence-electron chi connectivity index (χ2n) is 8.95. The number of carbonyl (C=O) groups is 2. The average Bonchev–Trinajstić information content (AvgIpc) is 3.45. The molecule has 9 heteroatoms. The molecule has 0 bridgehead atoms. The van der Waals surface area contributed by atoms with Gasteiger partial charge in [0, 0.05) is 48.9 Å². The number of anilines is 2. The third kappa shape index (κ3) is 5.19. The highest BCUT2D eigenvalue weighted by Crippen LogP contribution is 2.31. The molecule has 0 saturated carbocycles. The minimum Gasteiger partial charge on any atom is -0.367 e. The van der Waals surface area contributed by atoms with Crippen molar-refractivity contribution in [2.75, 3.05) is 23.3 Å². The van der Waals surface area contributed by atoms with Crippen molar-refractivity contribution in [3.05, 3.63) is 81.5 Å². The van der Waals surface area contributed by atoms with Crippen LogP contribution in [-0.2, 0) is 35.3 Å². The van der Waals surface area contributed by atoms with E-state index in [0.29, 0.717) is 11.3 Å². The maximum atomic E-state index is 13.0. The number of halogens is 3. The van der Waals surface area contributed by atoms with E-state index in [2.05, 4.69) is 21.7 Å². The van der Waals surface area contributed by atoms with Crippen molar-refractivity contribution in [3.63, 3.8) is 0 Å². The fourth-order valence-electron chi connectivity index (χ4n) is 4.64. The number of amides is 2. The Hall–Kier alpha value is -3.33. The summed E-state index contributed by atoms with van der Waals surface area (Å²) >= 11 is 1.80. The molecular weight excluding hydrogens is 475 g/mol. The molecule has 182 valence electrons. The highest BCUT2D eigenvalue weighted by atomic mass is 32.1. The molecule has 1 atom stereocenters. The summed E-state index contributed by atoms with van der Waals surface area (Å²) in [7, 11) is 0. The molecule has 3 aromatic rings. The number of thiophene rings is 1. The number of fused-ring (bicyclic) bond motifs is 1. The van der Waals surface area contributed by atoms with E-state index in [1.54, 1.807) is 17.4 Å². The Morgan fingerprint density at radius 1 is 1.11 bits per heavy atom. The molecule has 1 fully saturated rings. The lowest BCUT2D eigenvalue weighted by atomic mass is 10.1. The van der Waals surface area contributed by atoms with Crippen molar-refractivity contribution in [1.29, 1.82) is 0 Å². The SMILES string of the molecule is O=C(Nc1ccc(N2CCc3sccc3C2)cc1)C1CC(=O)N(Cc2cccc(C(F)(F)F)c2)C1. The predicted molar refractivity (Wildman–Crippen MR) is 129 cm³/mol. The highest BCUT2D eigenvalue weighted by molar-refractivity contribution is 7.10. The molecular formula is C26H24F3N3O2S. The van der Waals surface area contributed by atoms with Gasteiger partial charge in [0.25, 0.3) is 0 Å². The van der Waals surface area contributed by atoms with Crippen LogP contribution in [-0.4, -0.2) is 29.8 Å². The van der Waals surface area contributed by atoms with Gasteiger partial charge in [-0.05, 0) is 65.4 Å². The van der Waals surface area contributed by atoms with Gasteiger partial charge >= 0.3 is 6.18 Å². The summed E-state index contributed by atoms with van der Waals surface area (Å²) in [4.78, 5) is 30.4. The van der Waals surface area contributed by atoms with Gasteiger partial charge in [0.2, 0.25) is 11.8 Å². The minimum atomic E-state index is -4.44. The van der Waals surface area contributed by atoms with Gasteiger partial charge in [-0.25, -0.2) is 0 Å². The summed E-state index contributed by atoms with van der Waals surface area (Å²) in [6.45, 7) is 2.04. The number of carbonyl (C=O) groups excluding carboxylic acids is 2. The van der Waals surface area contributed by atoms with Gasteiger partial charge in [-0.2, -0.15) is 13.2 Å². The lowest BCUT2D eigenvalue weighted by Crippen LogP contribution is -2.29. The monoisotopic (exact) mass is 499 g/mol. The highest BCUT2D eigenvalue weighted by Gasteiger charge is 2.35. The first-order valence-electron chi connectivity index (χ1n) is 11.4. The molecule has 3 heterocycles. The van der Waals surface area contributed by atoms with Crippen molar-refractivity contribution < 1.29 is 22.8 Å². The number of rotatable bonds is 5. The molecule has 2 aliphatic heterocycles. The topological polar surface area (TPSA) is 52.7 Å². The molecule has 0 radical (unpaired) electrons. The average molecular weight is 500 g/mol. The zero-order valence-corrected chi connectivity index (χ0v) is 19.7. The second-order valence-corrected chi connectivity index (χ2v) is 9.95. The molecule has 35 heavy (non-hydrogen) atoms. The first kappa shape index (κ1) is 23.4. The van der Waals surface area contributed by atoms with E-state index in [9.17, 15) is 22.8 Å².